The third-order valence-corrected chi connectivity index (χ3v) is 4.97. The molecule has 0 amide bonds. The summed E-state index contributed by atoms with van der Waals surface area (Å²) in [5.74, 6) is 0.289. The highest BCUT2D eigenvalue weighted by atomic mass is 16.4. The van der Waals surface area contributed by atoms with Crippen LogP contribution in [0.25, 0.3) is 11.0 Å². The van der Waals surface area contributed by atoms with Crippen LogP contribution in [0, 0.1) is 6.92 Å². The minimum atomic E-state index is -0.291. The van der Waals surface area contributed by atoms with E-state index in [0.29, 0.717) is 5.58 Å². The van der Waals surface area contributed by atoms with Crippen LogP contribution in [0.3, 0.4) is 0 Å². The van der Waals surface area contributed by atoms with E-state index in [2.05, 4.69) is 15.9 Å². The fraction of sp³-hybridized carbons (Fsp3) is 0.286. The Morgan fingerprint density at radius 1 is 1.00 bits per heavy atom. The average molecular weight is 350 g/mol. The number of nitrogens with zero attached hydrogens (tertiary/aromatic N) is 2. The highest BCUT2D eigenvalue weighted by Crippen LogP contribution is 2.23. The summed E-state index contributed by atoms with van der Waals surface area (Å²) in [5, 5.41) is 10.4. The molecule has 1 aromatic heterocycles. The number of hydrogen-bond donors (Lipinski definition) is 1. The SMILES string of the molecule is Cc1ccc2c(CN3CCN(c4ccc(O)cc4)CC3)cc(=O)oc2c1. The Morgan fingerprint density at radius 2 is 1.73 bits per heavy atom. The van der Waals surface area contributed by atoms with Crippen molar-refractivity contribution in [1.29, 1.82) is 0 Å². The minimum absolute atomic E-state index is 0.289. The van der Waals surface area contributed by atoms with Crippen LogP contribution in [0.5, 0.6) is 5.75 Å². The van der Waals surface area contributed by atoms with Crippen molar-refractivity contribution in [2.45, 2.75) is 13.5 Å². The van der Waals surface area contributed by atoms with E-state index in [1.807, 2.05) is 31.2 Å². The molecule has 1 N–H and O–H groups in total. The van der Waals surface area contributed by atoms with Gasteiger partial charge in [-0.1, -0.05) is 12.1 Å². The number of anilines is 1. The smallest absolute Gasteiger partial charge is 0.336 e. The standard InChI is InChI=1S/C21H22N2O3/c1-15-2-7-19-16(13-21(25)26-20(19)12-15)14-22-8-10-23(11-9-22)17-3-5-18(24)6-4-17/h2-7,12-13,24H,8-11,14H2,1H3. The number of aromatic hydroxyl groups is 1. The van der Waals surface area contributed by atoms with Gasteiger partial charge in [-0.3, -0.25) is 4.90 Å². The molecule has 0 atom stereocenters. The molecule has 0 unspecified atom stereocenters. The van der Waals surface area contributed by atoms with Gasteiger partial charge in [-0.2, -0.15) is 0 Å². The number of piperazine rings is 1. The predicted molar refractivity (Wildman–Crippen MR) is 103 cm³/mol. The van der Waals surface area contributed by atoms with Crippen LogP contribution in [0.1, 0.15) is 11.1 Å². The molecule has 3 aromatic rings. The van der Waals surface area contributed by atoms with Crippen LogP contribution >= 0.6 is 0 Å². The van der Waals surface area contributed by atoms with E-state index in [-0.39, 0.29) is 11.4 Å². The lowest BCUT2D eigenvalue weighted by atomic mass is 10.1. The van der Waals surface area contributed by atoms with Gasteiger partial charge in [0.2, 0.25) is 0 Å². The maximum atomic E-state index is 11.9. The van der Waals surface area contributed by atoms with E-state index in [1.54, 1.807) is 18.2 Å². The topological polar surface area (TPSA) is 56.9 Å². The maximum Gasteiger partial charge on any atom is 0.336 e. The molecule has 0 spiro atoms. The lowest BCUT2D eigenvalue weighted by Gasteiger charge is -2.36. The van der Waals surface area contributed by atoms with Crippen molar-refractivity contribution >= 4 is 16.7 Å². The Hall–Kier alpha value is -2.79. The van der Waals surface area contributed by atoms with Crippen molar-refractivity contribution < 1.29 is 9.52 Å². The maximum absolute atomic E-state index is 11.9. The molecule has 0 saturated carbocycles. The fourth-order valence-corrected chi connectivity index (χ4v) is 3.54. The highest BCUT2D eigenvalue weighted by Gasteiger charge is 2.18. The van der Waals surface area contributed by atoms with E-state index in [4.69, 9.17) is 4.42 Å². The molecule has 134 valence electrons. The Balaban J connectivity index is 1.48. The van der Waals surface area contributed by atoms with Crippen molar-refractivity contribution in [2.75, 3.05) is 31.1 Å². The molecule has 1 aliphatic heterocycles. The number of phenols is 1. The first-order chi connectivity index (χ1) is 12.6. The van der Waals surface area contributed by atoms with Gasteiger partial charge in [0.05, 0.1) is 0 Å². The van der Waals surface area contributed by atoms with Crippen molar-refractivity contribution in [3.8, 4) is 5.75 Å². The first-order valence-corrected chi connectivity index (χ1v) is 8.88. The summed E-state index contributed by atoms with van der Waals surface area (Å²) in [6, 6.07) is 15.0. The molecular weight excluding hydrogens is 328 g/mol. The Labute approximate surface area is 152 Å². The minimum Gasteiger partial charge on any atom is -0.508 e. The zero-order valence-electron chi connectivity index (χ0n) is 14.8. The number of benzene rings is 2. The van der Waals surface area contributed by atoms with Gasteiger partial charge in [0.25, 0.3) is 0 Å². The van der Waals surface area contributed by atoms with Crippen LogP contribution in [0.15, 0.2) is 57.7 Å². The van der Waals surface area contributed by atoms with Gasteiger partial charge in [0.15, 0.2) is 0 Å². The summed E-state index contributed by atoms with van der Waals surface area (Å²) >= 11 is 0. The molecule has 4 rings (SSSR count). The molecule has 5 heteroatoms. The van der Waals surface area contributed by atoms with Crippen molar-refractivity contribution in [3.63, 3.8) is 0 Å². The largest absolute Gasteiger partial charge is 0.508 e. The summed E-state index contributed by atoms with van der Waals surface area (Å²) in [7, 11) is 0. The van der Waals surface area contributed by atoms with Gasteiger partial charge in [0.1, 0.15) is 11.3 Å². The molecule has 1 fully saturated rings. The van der Waals surface area contributed by atoms with Crippen LogP contribution in [-0.4, -0.2) is 36.2 Å². The van der Waals surface area contributed by atoms with Gasteiger partial charge >= 0.3 is 5.63 Å². The van der Waals surface area contributed by atoms with Crippen LogP contribution in [0.4, 0.5) is 5.69 Å². The van der Waals surface area contributed by atoms with E-state index < -0.39 is 0 Å². The molecule has 0 bridgehead atoms. The lowest BCUT2D eigenvalue weighted by molar-refractivity contribution is 0.250. The number of aryl methyl sites for hydroxylation is 1. The monoisotopic (exact) mass is 350 g/mol. The van der Waals surface area contributed by atoms with Gasteiger partial charge in [-0.25, -0.2) is 4.79 Å². The van der Waals surface area contributed by atoms with E-state index >= 15 is 0 Å². The molecule has 1 saturated heterocycles. The molecule has 5 nitrogen and oxygen atoms in total. The third-order valence-electron chi connectivity index (χ3n) is 4.97. The molecule has 1 aliphatic rings. The van der Waals surface area contributed by atoms with Crippen molar-refractivity contribution in [2.24, 2.45) is 0 Å². The Bertz CT molecular complexity index is 971. The van der Waals surface area contributed by atoms with Gasteiger partial charge < -0.3 is 14.4 Å². The normalized spacial score (nSPS) is 15.5. The van der Waals surface area contributed by atoms with Crippen molar-refractivity contribution in [1.82, 2.24) is 4.90 Å². The third kappa shape index (κ3) is 3.44. The zero-order valence-corrected chi connectivity index (χ0v) is 14.8. The fourth-order valence-electron chi connectivity index (χ4n) is 3.54. The van der Waals surface area contributed by atoms with E-state index in [9.17, 15) is 9.90 Å². The van der Waals surface area contributed by atoms with Gasteiger partial charge in [-0.15, -0.1) is 0 Å². The van der Waals surface area contributed by atoms with Gasteiger partial charge in [-0.05, 0) is 48.4 Å². The number of fused-ring (bicyclic) bond motifs is 1. The van der Waals surface area contributed by atoms with Crippen molar-refractivity contribution in [3.05, 3.63) is 70.1 Å². The molecule has 2 heterocycles. The van der Waals surface area contributed by atoms with E-state index in [0.717, 1.165) is 54.9 Å². The second kappa shape index (κ2) is 6.84. The average Bonchev–Trinajstić information content (AvgIpc) is 2.62. The van der Waals surface area contributed by atoms with Crippen LogP contribution in [0.2, 0.25) is 0 Å². The zero-order chi connectivity index (χ0) is 18.1. The first kappa shape index (κ1) is 16.7. The summed E-state index contributed by atoms with van der Waals surface area (Å²) in [6.45, 7) is 6.43. The molecular formula is C21H22N2O3. The summed E-state index contributed by atoms with van der Waals surface area (Å²) < 4.78 is 5.35. The lowest BCUT2D eigenvalue weighted by Crippen LogP contribution is -2.46. The van der Waals surface area contributed by atoms with Gasteiger partial charge in [0, 0.05) is 49.9 Å². The second-order valence-electron chi connectivity index (χ2n) is 6.87. The molecule has 0 radical (unpaired) electrons. The number of rotatable bonds is 3. The van der Waals surface area contributed by atoms with E-state index in [1.165, 1.54) is 0 Å². The van der Waals surface area contributed by atoms with Crippen LogP contribution in [-0.2, 0) is 6.54 Å². The molecule has 2 aromatic carbocycles. The summed E-state index contributed by atoms with van der Waals surface area (Å²) in [4.78, 5) is 16.6. The van der Waals surface area contributed by atoms with Crippen LogP contribution < -0.4 is 10.5 Å². The first-order valence-electron chi connectivity index (χ1n) is 8.88. The summed E-state index contributed by atoms with van der Waals surface area (Å²) in [5.41, 5.74) is 3.61. The predicted octanol–water partition coefficient (Wildman–Crippen LogP) is 3.13. The number of hydrogen-bond acceptors (Lipinski definition) is 5. The Morgan fingerprint density at radius 3 is 2.46 bits per heavy atom. The highest BCUT2D eigenvalue weighted by molar-refractivity contribution is 5.80. The quantitative estimate of drug-likeness (QED) is 0.736. The number of phenolic OH excluding ortho intramolecular Hbond substituents is 1. The molecule has 0 aliphatic carbocycles. The Kier molecular flexibility index (Phi) is 4.39. The second-order valence-corrected chi connectivity index (χ2v) is 6.87. The summed E-state index contributed by atoms with van der Waals surface area (Å²) in [6.07, 6.45) is 0. The molecule has 26 heavy (non-hydrogen) atoms.